The first-order valence-electron chi connectivity index (χ1n) is 33.5. The number of hydrogen-bond donors (Lipinski definition) is 0. The van der Waals surface area contributed by atoms with Crippen LogP contribution in [-0.2, 0) is 23.7 Å². The van der Waals surface area contributed by atoms with Crippen molar-refractivity contribution in [3.63, 3.8) is 0 Å². The van der Waals surface area contributed by atoms with E-state index in [1.807, 2.05) is 7.11 Å². The lowest BCUT2D eigenvalue weighted by Gasteiger charge is -2.55. The number of esters is 1. The van der Waals surface area contributed by atoms with Crippen LogP contribution < -0.4 is 0 Å². The lowest BCUT2D eigenvalue weighted by molar-refractivity contribution is -0.151. The van der Waals surface area contributed by atoms with Crippen LogP contribution in [0.2, 0.25) is 0 Å². The van der Waals surface area contributed by atoms with Gasteiger partial charge < -0.3 is 18.9 Å². The van der Waals surface area contributed by atoms with Crippen molar-refractivity contribution in [1.29, 1.82) is 0 Å². The van der Waals surface area contributed by atoms with E-state index in [-0.39, 0.29) is 12.9 Å². The summed E-state index contributed by atoms with van der Waals surface area (Å²) in [6.45, 7) is 10.9. The van der Waals surface area contributed by atoms with Gasteiger partial charge in [0.25, 0.3) is 0 Å². The smallest absolute Gasteiger partial charge is 0.431 e. The number of methoxy groups -OCH3 is 1. The number of ether oxygens (including phenoxy) is 4. The van der Waals surface area contributed by atoms with Crippen molar-refractivity contribution < 1.29 is 28.5 Å². The molecule has 0 radical (unpaired) electrons. The highest BCUT2D eigenvalue weighted by atomic mass is 16.8. The molecule has 75 heavy (non-hydrogen) atoms. The van der Waals surface area contributed by atoms with Crippen LogP contribution in [0, 0.1) is 64.6 Å². The second-order valence-electron chi connectivity index (χ2n) is 29.0. The number of nitrogens with zero attached hydrogens (tertiary/aromatic N) is 2. The molecular formula is C67H116N2O6. The van der Waals surface area contributed by atoms with Crippen molar-refractivity contribution in [2.24, 2.45) is 64.6 Å². The molecule has 0 amide bonds. The Bertz CT molecular complexity index is 1630. The van der Waals surface area contributed by atoms with Crippen molar-refractivity contribution in [1.82, 2.24) is 9.80 Å². The summed E-state index contributed by atoms with van der Waals surface area (Å²) in [6, 6.07) is 4.87. The summed E-state index contributed by atoms with van der Waals surface area (Å²) in [6.07, 6.45) is 52.9. The minimum atomic E-state index is -0.670. The van der Waals surface area contributed by atoms with Gasteiger partial charge in [0.2, 0.25) is 6.79 Å². The van der Waals surface area contributed by atoms with E-state index >= 15 is 0 Å². The SMILES string of the molecule is COC1CCC(C2(C3CCC(OC(=O)OCOC(C)=O)C(CCC4CCC(N(C5CCC(C)CC5)C5CCC(C)CC5)CC4)C3)CCCCC2)CC1CCC1CCC(N(C2CCC(C)CC2)C2CCC(C)CC2)CC1. The molecule has 9 aliphatic carbocycles. The van der Waals surface area contributed by atoms with Crippen LogP contribution in [0.25, 0.3) is 0 Å². The third-order valence-corrected chi connectivity index (χ3v) is 24.2. The predicted octanol–water partition coefficient (Wildman–Crippen LogP) is 17.4. The maximum atomic E-state index is 13.2. The van der Waals surface area contributed by atoms with E-state index in [4.69, 9.17) is 18.9 Å². The molecule has 8 heteroatoms. The van der Waals surface area contributed by atoms with Crippen LogP contribution >= 0.6 is 0 Å². The van der Waals surface area contributed by atoms with E-state index in [2.05, 4.69) is 37.5 Å². The average Bonchev–Trinajstić information content (AvgIpc) is 3.43. The molecule has 0 heterocycles. The summed E-state index contributed by atoms with van der Waals surface area (Å²) in [5.74, 6) is 7.32. The van der Waals surface area contributed by atoms with Gasteiger partial charge in [-0.1, -0.05) is 59.8 Å². The third kappa shape index (κ3) is 15.5. The monoisotopic (exact) mass is 1040 g/mol. The van der Waals surface area contributed by atoms with Gasteiger partial charge in [0.05, 0.1) is 6.10 Å². The van der Waals surface area contributed by atoms with Gasteiger partial charge in [0.15, 0.2) is 0 Å². The highest BCUT2D eigenvalue weighted by Crippen LogP contribution is 2.59. The Labute approximate surface area is 460 Å². The van der Waals surface area contributed by atoms with Gasteiger partial charge in [-0.15, -0.1) is 0 Å². The van der Waals surface area contributed by atoms with Crippen LogP contribution in [0.4, 0.5) is 4.79 Å². The van der Waals surface area contributed by atoms with Crippen molar-refractivity contribution in [2.75, 3.05) is 13.9 Å². The molecule has 0 spiro atoms. The molecule has 430 valence electrons. The zero-order valence-electron chi connectivity index (χ0n) is 49.5. The van der Waals surface area contributed by atoms with E-state index in [9.17, 15) is 9.59 Å². The maximum Gasteiger partial charge on any atom is 0.511 e. The molecule has 0 aliphatic heterocycles. The molecule has 0 aromatic rings. The summed E-state index contributed by atoms with van der Waals surface area (Å²) >= 11 is 0. The normalized spacial score (nSPS) is 41.2. The Morgan fingerprint density at radius 2 is 0.787 bits per heavy atom. The second-order valence-corrected chi connectivity index (χ2v) is 29.0. The van der Waals surface area contributed by atoms with Gasteiger partial charge in [-0.25, -0.2) is 4.79 Å². The van der Waals surface area contributed by atoms with E-state index in [0.717, 1.165) is 96.9 Å². The Kier molecular flexibility index (Phi) is 22.0. The standard InChI is InChI=1S/C67H116N2O6/c1-47-10-28-58(29-11-47)68(59-30-12-48(2)13-31-59)62-36-20-52(21-37-62)18-24-54-44-56(26-40-64(54)72-6)67(42-8-7-9-43-67)57-27-41-65(75-66(71)74-46-73-51(5)70)55(45-57)25-19-53-22-38-63(39-23-53)69(60-32-14-49(3)15-33-60)61-34-16-50(4)17-35-61/h47-50,52-65H,7-46H2,1-6H3. The molecule has 6 atom stereocenters. The fourth-order valence-electron chi connectivity index (χ4n) is 19.6. The van der Waals surface area contributed by atoms with Crippen molar-refractivity contribution in [3.8, 4) is 0 Å². The van der Waals surface area contributed by atoms with Gasteiger partial charge in [0.1, 0.15) is 6.10 Å². The maximum absolute atomic E-state index is 13.2. The quantitative estimate of drug-likeness (QED) is 0.0993. The molecule has 9 rings (SSSR count). The topological polar surface area (TPSA) is 77.5 Å². The minimum absolute atomic E-state index is 0.127. The highest BCUT2D eigenvalue weighted by molar-refractivity contribution is 5.66. The molecule has 0 aromatic heterocycles. The Morgan fingerprint density at radius 1 is 0.427 bits per heavy atom. The summed E-state index contributed by atoms with van der Waals surface area (Å²) in [5.41, 5.74) is 0.388. The zero-order chi connectivity index (χ0) is 52.3. The van der Waals surface area contributed by atoms with Gasteiger partial charge in [-0.05, 0) is 283 Å². The minimum Gasteiger partial charge on any atom is -0.431 e. The molecule has 0 aromatic carbocycles. The fraction of sp³-hybridized carbons (Fsp3) is 0.970. The highest BCUT2D eigenvalue weighted by Gasteiger charge is 2.51. The molecule has 9 saturated carbocycles. The van der Waals surface area contributed by atoms with Crippen LogP contribution in [0.5, 0.6) is 0 Å². The summed E-state index contributed by atoms with van der Waals surface area (Å²) in [4.78, 5) is 31.1. The molecule has 8 nitrogen and oxygen atoms in total. The lowest BCUT2D eigenvalue weighted by Crippen LogP contribution is -2.52. The van der Waals surface area contributed by atoms with Crippen molar-refractivity contribution in [2.45, 2.75) is 333 Å². The van der Waals surface area contributed by atoms with E-state index in [0.29, 0.717) is 29.3 Å². The Hall–Kier alpha value is -1.38. The van der Waals surface area contributed by atoms with Gasteiger partial charge in [0, 0.05) is 50.3 Å². The van der Waals surface area contributed by atoms with Crippen LogP contribution in [0.1, 0.15) is 285 Å². The van der Waals surface area contributed by atoms with Crippen LogP contribution in [-0.4, -0.2) is 84.3 Å². The fourth-order valence-corrected chi connectivity index (χ4v) is 19.6. The second kappa shape index (κ2) is 28.4. The summed E-state index contributed by atoms with van der Waals surface area (Å²) < 4.78 is 23.1. The molecule has 0 bridgehead atoms. The molecule has 9 fully saturated rings. The van der Waals surface area contributed by atoms with Gasteiger partial charge in [-0.2, -0.15) is 0 Å². The first kappa shape index (κ1) is 58.3. The first-order valence-corrected chi connectivity index (χ1v) is 33.5. The number of rotatable bonds is 18. The Morgan fingerprint density at radius 3 is 1.16 bits per heavy atom. The number of carbonyl (C=O) groups is 2. The lowest BCUT2D eigenvalue weighted by atomic mass is 9.51. The molecule has 0 N–H and O–H groups in total. The molecule has 6 unspecified atom stereocenters. The third-order valence-electron chi connectivity index (χ3n) is 24.2. The summed E-state index contributed by atoms with van der Waals surface area (Å²) in [7, 11) is 2.02. The predicted molar refractivity (Wildman–Crippen MR) is 305 cm³/mol. The van der Waals surface area contributed by atoms with E-state index < -0.39 is 12.1 Å². The van der Waals surface area contributed by atoms with Gasteiger partial charge >= 0.3 is 12.1 Å². The van der Waals surface area contributed by atoms with Gasteiger partial charge in [-0.3, -0.25) is 14.6 Å². The largest absolute Gasteiger partial charge is 0.511 e. The Balaban J connectivity index is 0.825. The van der Waals surface area contributed by atoms with Crippen LogP contribution in [0.3, 0.4) is 0 Å². The van der Waals surface area contributed by atoms with Crippen molar-refractivity contribution in [3.05, 3.63) is 0 Å². The average molecular weight is 1050 g/mol. The zero-order valence-corrected chi connectivity index (χ0v) is 49.5. The summed E-state index contributed by atoms with van der Waals surface area (Å²) in [5, 5.41) is 0. The van der Waals surface area contributed by atoms with Crippen LogP contribution in [0.15, 0.2) is 0 Å². The molecule has 9 aliphatic rings. The van der Waals surface area contributed by atoms with E-state index in [1.54, 1.807) is 0 Å². The number of hydrogen-bond acceptors (Lipinski definition) is 8. The van der Waals surface area contributed by atoms with Crippen molar-refractivity contribution >= 4 is 12.1 Å². The molecule has 0 saturated heterocycles. The molecular weight excluding hydrogens is 929 g/mol. The first-order chi connectivity index (χ1) is 36.4. The van der Waals surface area contributed by atoms with E-state index in [1.165, 1.54) is 238 Å². The number of carbonyl (C=O) groups excluding carboxylic acids is 2.